The van der Waals surface area contributed by atoms with E-state index in [1.807, 2.05) is 18.2 Å². The molecule has 2 aromatic heterocycles. The first-order chi connectivity index (χ1) is 10.6. The first kappa shape index (κ1) is 15.8. The van der Waals surface area contributed by atoms with Crippen LogP contribution in [0.15, 0.2) is 47.7 Å². The number of hydrogen-bond donors (Lipinski definition) is 0. The van der Waals surface area contributed by atoms with E-state index < -0.39 is 5.69 Å². The Morgan fingerprint density at radius 1 is 1.32 bits per heavy atom. The molecule has 0 fully saturated rings. The highest BCUT2D eigenvalue weighted by Crippen LogP contribution is 2.17. The molecule has 1 amide bonds. The van der Waals surface area contributed by atoms with Crippen LogP contribution < -0.4 is 5.69 Å². The van der Waals surface area contributed by atoms with E-state index >= 15 is 0 Å². The maximum absolute atomic E-state index is 12.4. The molecule has 2 heterocycles. The highest BCUT2D eigenvalue weighted by Gasteiger charge is 2.23. The highest BCUT2D eigenvalue weighted by molar-refractivity contribution is 5.76. The minimum absolute atomic E-state index is 0.0732. The van der Waals surface area contributed by atoms with Gasteiger partial charge < -0.3 is 9.64 Å². The molecule has 0 aliphatic carbocycles. The number of nitrogens with zero attached hydrogens (tertiary/aromatic N) is 4. The summed E-state index contributed by atoms with van der Waals surface area (Å²) in [5.74, 6) is -0.220. The van der Waals surface area contributed by atoms with E-state index in [1.54, 1.807) is 26.4 Å². The van der Waals surface area contributed by atoms with Crippen molar-refractivity contribution in [1.82, 2.24) is 19.4 Å². The van der Waals surface area contributed by atoms with Gasteiger partial charge in [0.15, 0.2) is 0 Å². The van der Waals surface area contributed by atoms with Gasteiger partial charge in [0.05, 0.1) is 18.3 Å². The Kier molecular flexibility index (Phi) is 5.37. The van der Waals surface area contributed by atoms with Crippen molar-refractivity contribution in [3.05, 3.63) is 59.0 Å². The van der Waals surface area contributed by atoms with E-state index in [9.17, 15) is 9.59 Å². The molecule has 0 radical (unpaired) electrons. The first-order valence-corrected chi connectivity index (χ1v) is 6.80. The van der Waals surface area contributed by atoms with Gasteiger partial charge in [0.2, 0.25) is 5.91 Å². The van der Waals surface area contributed by atoms with Crippen molar-refractivity contribution in [3.8, 4) is 0 Å². The van der Waals surface area contributed by atoms with Crippen LogP contribution in [0.4, 0.5) is 0 Å². The third-order valence-corrected chi connectivity index (χ3v) is 3.30. The Bertz CT molecular complexity index is 672. The molecule has 22 heavy (non-hydrogen) atoms. The second-order valence-electron chi connectivity index (χ2n) is 4.76. The second-order valence-corrected chi connectivity index (χ2v) is 4.76. The lowest BCUT2D eigenvalue weighted by atomic mass is 10.1. The van der Waals surface area contributed by atoms with Crippen LogP contribution in [-0.2, 0) is 16.1 Å². The number of rotatable bonds is 6. The fourth-order valence-electron chi connectivity index (χ4n) is 2.07. The second kappa shape index (κ2) is 7.46. The van der Waals surface area contributed by atoms with Crippen molar-refractivity contribution in [2.24, 2.45) is 0 Å². The van der Waals surface area contributed by atoms with E-state index in [4.69, 9.17) is 4.74 Å². The predicted octanol–water partition coefficient (Wildman–Crippen LogP) is 0.484. The average molecular weight is 302 g/mol. The summed E-state index contributed by atoms with van der Waals surface area (Å²) in [7, 11) is 3.24. The lowest BCUT2D eigenvalue weighted by Crippen LogP contribution is -2.38. The Morgan fingerprint density at radius 2 is 2.09 bits per heavy atom. The molecule has 0 aromatic carbocycles. The molecule has 0 N–H and O–H groups in total. The van der Waals surface area contributed by atoms with Gasteiger partial charge in [0.25, 0.3) is 0 Å². The fraction of sp³-hybridized carbons (Fsp3) is 0.333. The molecule has 0 aliphatic heterocycles. The summed E-state index contributed by atoms with van der Waals surface area (Å²) in [5, 5.41) is 0. The van der Waals surface area contributed by atoms with Crippen molar-refractivity contribution in [3.63, 3.8) is 0 Å². The third kappa shape index (κ3) is 3.76. The molecule has 0 saturated carbocycles. The minimum Gasteiger partial charge on any atom is -0.382 e. The van der Waals surface area contributed by atoms with Crippen LogP contribution in [-0.4, -0.2) is 46.1 Å². The van der Waals surface area contributed by atoms with Crippen molar-refractivity contribution in [2.45, 2.75) is 12.6 Å². The van der Waals surface area contributed by atoms with Gasteiger partial charge in [-0.2, -0.15) is 0 Å². The van der Waals surface area contributed by atoms with Gasteiger partial charge in [-0.3, -0.25) is 14.3 Å². The molecule has 2 rings (SSSR count). The number of ether oxygens (including phenoxy) is 1. The first-order valence-electron chi connectivity index (χ1n) is 6.80. The van der Waals surface area contributed by atoms with Gasteiger partial charge in [0.1, 0.15) is 6.54 Å². The van der Waals surface area contributed by atoms with Gasteiger partial charge in [-0.25, -0.2) is 9.78 Å². The molecule has 7 nitrogen and oxygen atoms in total. The van der Waals surface area contributed by atoms with Crippen LogP contribution in [0.3, 0.4) is 0 Å². The quantitative estimate of drug-likeness (QED) is 0.776. The van der Waals surface area contributed by atoms with Crippen molar-refractivity contribution >= 4 is 5.91 Å². The molecule has 0 spiro atoms. The molecule has 0 saturated heterocycles. The summed E-state index contributed by atoms with van der Waals surface area (Å²) in [5.41, 5.74) is 0.282. The summed E-state index contributed by atoms with van der Waals surface area (Å²) >= 11 is 0. The lowest BCUT2D eigenvalue weighted by molar-refractivity contribution is -0.134. The monoisotopic (exact) mass is 302 g/mol. The highest BCUT2D eigenvalue weighted by atomic mass is 16.5. The van der Waals surface area contributed by atoms with Gasteiger partial charge in [-0.05, 0) is 18.2 Å². The largest absolute Gasteiger partial charge is 0.382 e. The van der Waals surface area contributed by atoms with Crippen LogP contribution >= 0.6 is 0 Å². The Labute approximate surface area is 128 Å². The number of carbonyl (C=O) groups is 1. The van der Waals surface area contributed by atoms with E-state index in [2.05, 4.69) is 9.97 Å². The standard InChI is InChI=1S/C15H18N4O3/c1-18(13(11-22-2)12-6-3-4-7-16-12)14(20)10-19-9-5-8-17-15(19)21/h3-9,13H,10-11H2,1-2H3. The summed E-state index contributed by atoms with van der Waals surface area (Å²) in [6.45, 7) is 0.247. The van der Waals surface area contributed by atoms with Crippen molar-refractivity contribution in [1.29, 1.82) is 0 Å². The van der Waals surface area contributed by atoms with Crippen LogP contribution in [0.2, 0.25) is 0 Å². The molecule has 2 aromatic rings. The lowest BCUT2D eigenvalue weighted by Gasteiger charge is -2.27. The van der Waals surface area contributed by atoms with E-state index in [1.165, 1.54) is 21.9 Å². The number of likely N-dealkylation sites (N-methyl/N-ethyl adjacent to an activating group) is 1. The smallest absolute Gasteiger partial charge is 0.347 e. The molecule has 0 bridgehead atoms. The number of pyridine rings is 1. The number of hydrogen-bond acceptors (Lipinski definition) is 5. The summed E-state index contributed by atoms with van der Waals surface area (Å²) in [4.78, 5) is 33.4. The molecule has 1 atom stereocenters. The normalized spacial score (nSPS) is 11.9. The average Bonchev–Trinajstić information content (AvgIpc) is 2.55. The molecular formula is C15H18N4O3. The minimum atomic E-state index is -0.453. The topological polar surface area (TPSA) is 77.3 Å². The van der Waals surface area contributed by atoms with Crippen LogP contribution in [0.5, 0.6) is 0 Å². The maximum atomic E-state index is 12.4. The summed E-state index contributed by atoms with van der Waals surface area (Å²) < 4.78 is 6.45. The maximum Gasteiger partial charge on any atom is 0.347 e. The molecule has 7 heteroatoms. The van der Waals surface area contributed by atoms with Gasteiger partial charge >= 0.3 is 5.69 Å². The zero-order valence-electron chi connectivity index (χ0n) is 12.5. The van der Waals surface area contributed by atoms with Crippen LogP contribution in [0, 0.1) is 0 Å². The van der Waals surface area contributed by atoms with E-state index in [0.29, 0.717) is 6.61 Å². The summed E-state index contributed by atoms with van der Waals surface area (Å²) in [6, 6.07) is 6.80. The third-order valence-electron chi connectivity index (χ3n) is 3.30. The Morgan fingerprint density at radius 3 is 2.73 bits per heavy atom. The molecular weight excluding hydrogens is 284 g/mol. The number of amides is 1. The molecule has 116 valence electrons. The van der Waals surface area contributed by atoms with E-state index in [0.717, 1.165) is 5.69 Å². The van der Waals surface area contributed by atoms with Crippen LogP contribution in [0.25, 0.3) is 0 Å². The van der Waals surface area contributed by atoms with Gasteiger partial charge in [-0.1, -0.05) is 6.07 Å². The van der Waals surface area contributed by atoms with Gasteiger partial charge in [-0.15, -0.1) is 0 Å². The van der Waals surface area contributed by atoms with E-state index in [-0.39, 0.29) is 18.5 Å². The number of aromatic nitrogens is 3. The fourth-order valence-corrected chi connectivity index (χ4v) is 2.07. The Balaban J connectivity index is 2.16. The SMILES string of the molecule is COCC(c1ccccn1)N(C)C(=O)Cn1cccnc1=O. The van der Waals surface area contributed by atoms with Gasteiger partial charge in [0, 0.05) is 32.7 Å². The number of carbonyl (C=O) groups excluding carboxylic acids is 1. The zero-order valence-corrected chi connectivity index (χ0v) is 12.5. The molecule has 0 aliphatic rings. The van der Waals surface area contributed by atoms with Crippen molar-refractivity contribution in [2.75, 3.05) is 20.8 Å². The van der Waals surface area contributed by atoms with Crippen LogP contribution in [0.1, 0.15) is 11.7 Å². The zero-order chi connectivity index (χ0) is 15.9. The molecule has 1 unspecified atom stereocenters. The Hall–Kier alpha value is -2.54. The van der Waals surface area contributed by atoms with Crippen molar-refractivity contribution < 1.29 is 9.53 Å². The summed E-state index contributed by atoms with van der Waals surface area (Å²) in [6.07, 6.45) is 4.60. The predicted molar refractivity (Wildman–Crippen MR) is 80.1 cm³/mol. The number of methoxy groups -OCH3 is 1.